The quantitative estimate of drug-likeness (QED) is 0.513. The molecular formula is C15H21N5O2S. The third kappa shape index (κ3) is 4.40. The van der Waals surface area contributed by atoms with E-state index in [1.807, 2.05) is 13.0 Å². The van der Waals surface area contributed by atoms with Crippen molar-refractivity contribution in [1.29, 1.82) is 0 Å². The van der Waals surface area contributed by atoms with E-state index < -0.39 is 10.0 Å². The molecule has 2 rings (SSSR count). The molecular weight excluding hydrogens is 314 g/mol. The van der Waals surface area contributed by atoms with Gasteiger partial charge in [-0.1, -0.05) is 19.1 Å². The number of nitrogens with one attached hydrogen (secondary N) is 1. The van der Waals surface area contributed by atoms with Gasteiger partial charge in [-0.3, -0.25) is 9.98 Å². The number of guanidine groups is 1. The average Bonchev–Trinajstić information content (AvgIpc) is 2.52. The number of hydrogen-bond acceptors (Lipinski definition) is 4. The second-order valence-corrected chi connectivity index (χ2v) is 6.86. The summed E-state index contributed by atoms with van der Waals surface area (Å²) in [5.74, 6) is 0.00395. The first kappa shape index (κ1) is 17.2. The Hall–Kier alpha value is -2.19. The minimum atomic E-state index is -3.64. The van der Waals surface area contributed by atoms with Crippen LogP contribution in [0.4, 0.5) is 0 Å². The third-order valence-corrected chi connectivity index (χ3v) is 5.10. The van der Waals surface area contributed by atoms with Crippen molar-refractivity contribution in [3.05, 3.63) is 36.7 Å². The Morgan fingerprint density at radius 3 is 2.83 bits per heavy atom. The predicted molar refractivity (Wildman–Crippen MR) is 91.4 cm³/mol. The summed E-state index contributed by atoms with van der Waals surface area (Å²) in [4.78, 5) is 8.16. The van der Waals surface area contributed by atoms with Crippen LogP contribution in [0.1, 0.15) is 19.8 Å². The van der Waals surface area contributed by atoms with Gasteiger partial charge in [0.2, 0.25) is 10.0 Å². The molecule has 0 saturated heterocycles. The zero-order valence-corrected chi connectivity index (χ0v) is 13.8. The lowest BCUT2D eigenvalue weighted by Gasteiger charge is -2.17. The monoisotopic (exact) mass is 335 g/mol. The predicted octanol–water partition coefficient (Wildman–Crippen LogP) is 0.955. The van der Waals surface area contributed by atoms with Crippen LogP contribution in [-0.2, 0) is 10.0 Å². The summed E-state index contributed by atoms with van der Waals surface area (Å²) in [6, 6.07) is 6.59. The summed E-state index contributed by atoms with van der Waals surface area (Å²) in [6.45, 7) is 2.29. The van der Waals surface area contributed by atoms with Crippen LogP contribution < -0.4 is 16.2 Å². The standard InChI is InChI=1S/C15H21N5O2S/c1-2-12(6-9-19-15(16)17)20-23(21,22)14-5-3-4-11-10-18-8-7-13(11)14/h3-5,7-8,10,12,20H,2,6,9H2,1H3,(H4,16,17,19). The Bertz CT molecular complexity index is 795. The molecule has 2 aromatic rings. The van der Waals surface area contributed by atoms with Gasteiger partial charge in [0.25, 0.3) is 0 Å². The molecule has 7 nitrogen and oxygen atoms in total. The molecule has 1 aromatic heterocycles. The zero-order valence-electron chi connectivity index (χ0n) is 12.9. The summed E-state index contributed by atoms with van der Waals surface area (Å²) in [6.07, 6.45) is 4.40. The molecule has 0 saturated carbocycles. The Morgan fingerprint density at radius 2 is 2.13 bits per heavy atom. The molecule has 8 heteroatoms. The van der Waals surface area contributed by atoms with E-state index in [1.165, 1.54) is 0 Å². The first-order chi connectivity index (χ1) is 10.9. The molecule has 0 aliphatic carbocycles. The Balaban J connectivity index is 2.24. The van der Waals surface area contributed by atoms with E-state index in [2.05, 4.69) is 14.7 Å². The highest BCUT2D eigenvalue weighted by Crippen LogP contribution is 2.22. The maximum Gasteiger partial charge on any atom is 0.241 e. The Labute approximate surface area is 135 Å². The summed E-state index contributed by atoms with van der Waals surface area (Å²) >= 11 is 0. The number of fused-ring (bicyclic) bond motifs is 1. The number of aromatic nitrogens is 1. The summed E-state index contributed by atoms with van der Waals surface area (Å²) in [5.41, 5.74) is 10.6. The largest absolute Gasteiger partial charge is 0.370 e. The lowest BCUT2D eigenvalue weighted by Crippen LogP contribution is -2.35. The Kier molecular flexibility index (Phi) is 5.51. The van der Waals surface area contributed by atoms with Gasteiger partial charge in [-0.2, -0.15) is 0 Å². The van der Waals surface area contributed by atoms with Crippen LogP contribution in [0.25, 0.3) is 10.8 Å². The fourth-order valence-corrected chi connectivity index (χ4v) is 3.89. The molecule has 1 unspecified atom stereocenters. The van der Waals surface area contributed by atoms with Gasteiger partial charge in [-0.15, -0.1) is 0 Å². The van der Waals surface area contributed by atoms with E-state index >= 15 is 0 Å². The number of benzene rings is 1. The second kappa shape index (κ2) is 7.38. The summed E-state index contributed by atoms with van der Waals surface area (Å²) in [7, 11) is -3.64. The minimum Gasteiger partial charge on any atom is -0.370 e. The van der Waals surface area contributed by atoms with E-state index in [1.54, 1.807) is 30.6 Å². The van der Waals surface area contributed by atoms with Gasteiger partial charge in [0.05, 0.1) is 4.90 Å². The molecule has 0 aliphatic rings. The Morgan fingerprint density at radius 1 is 1.35 bits per heavy atom. The topological polar surface area (TPSA) is 123 Å². The van der Waals surface area contributed by atoms with Gasteiger partial charge in [0.15, 0.2) is 5.96 Å². The van der Waals surface area contributed by atoms with Gasteiger partial charge in [-0.25, -0.2) is 13.1 Å². The van der Waals surface area contributed by atoms with Crippen LogP contribution >= 0.6 is 0 Å². The van der Waals surface area contributed by atoms with Crippen molar-refractivity contribution >= 4 is 26.8 Å². The number of pyridine rings is 1. The number of aliphatic imine (C=N–C) groups is 1. The number of nitrogens with two attached hydrogens (primary N) is 2. The van der Waals surface area contributed by atoms with Crippen LogP contribution in [0.5, 0.6) is 0 Å². The highest BCUT2D eigenvalue weighted by atomic mass is 32.2. The van der Waals surface area contributed by atoms with Crippen molar-refractivity contribution in [3.8, 4) is 0 Å². The molecule has 0 fully saturated rings. The third-order valence-electron chi connectivity index (χ3n) is 3.52. The first-order valence-electron chi connectivity index (χ1n) is 7.34. The minimum absolute atomic E-state index is 0.00395. The van der Waals surface area contributed by atoms with Crippen LogP contribution in [-0.4, -0.2) is 31.9 Å². The van der Waals surface area contributed by atoms with Gasteiger partial charge in [-0.05, 0) is 25.0 Å². The SMILES string of the molecule is CCC(CCN=C(N)N)NS(=O)(=O)c1cccc2cnccc12. The van der Waals surface area contributed by atoms with Crippen molar-refractivity contribution in [3.63, 3.8) is 0 Å². The molecule has 0 aliphatic heterocycles. The van der Waals surface area contributed by atoms with Gasteiger partial charge in [0.1, 0.15) is 0 Å². The van der Waals surface area contributed by atoms with Crippen molar-refractivity contribution in [1.82, 2.24) is 9.71 Å². The molecule has 124 valence electrons. The van der Waals surface area contributed by atoms with Gasteiger partial charge in [0, 0.05) is 35.8 Å². The van der Waals surface area contributed by atoms with Crippen molar-refractivity contribution < 1.29 is 8.42 Å². The maximum absolute atomic E-state index is 12.7. The van der Waals surface area contributed by atoms with E-state index in [4.69, 9.17) is 11.5 Å². The number of hydrogen-bond donors (Lipinski definition) is 3. The van der Waals surface area contributed by atoms with E-state index in [9.17, 15) is 8.42 Å². The lowest BCUT2D eigenvalue weighted by molar-refractivity contribution is 0.521. The number of rotatable bonds is 7. The molecule has 0 bridgehead atoms. The lowest BCUT2D eigenvalue weighted by atomic mass is 10.2. The van der Waals surface area contributed by atoms with Crippen LogP contribution in [0.15, 0.2) is 46.5 Å². The molecule has 0 radical (unpaired) electrons. The van der Waals surface area contributed by atoms with E-state index in [0.29, 0.717) is 24.8 Å². The molecule has 1 heterocycles. The molecule has 1 aromatic carbocycles. The number of nitrogens with zero attached hydrogens (tertiary/aromatic N) is 2. The summed E-state index contributed by atoms with van der Waals surface area (Å²) < 4.78 is 28.1. The first-order valence-corrected chi connectivity index (χ1v) is 8.83. The number of sulfonamides is 1. The van der Waals surface area contributed by atoms with Gasteiger partial charge >= 0.3 is 0 Å². The highest BCUT2D eigenvalue weighted by Gasteiger charge is 2.21. The molecule has 0 spiro atoms. The molecule has 0 amide bonds. The second-order valence-electron chi connectivity index (χ2n) is 5.17. The van der Waals surface area contributed by atoms with Crippen LogP contribution in [0.3, 0.4) is 0 Å². The fourth-order valence-electron chi connectivity index (χ4n) is 2.31. The van der Waals surface area contributed by atoms with Crippen molar-refractivity contribution in [2.75, 3.05) is 6.54 Å². The van der Waals surface area contributed by atoms with Crippen LogP contribution in [0.2, 0.25) is 0 Å². The van der Waals surface area contributed by atoms with E-state index in [0.717, 1.165) is 5.39 Å². The van der Waals surface area contributed by atoms with Crippen LogP contribution in [0, 0.1) is 0 Å². The fraction of sp³-hybridized carbons (Fsp3) is 0.333. The highest BCUT2D eigenvalue weighted by molar-refractivity contribution is 7.89. The summed E-state index contributed by atoms with van der Waals surface area (Å²) in [5, 5.41) is 1.43. The zero-order chi connectivity index (χ0) is 16.9. The van der Waals surface area contributed by atoms with Crippen molar-refractivity contribution in [2.24, 2.45) is 16.5 Å². The molecule has 1 atom stereocenters. The smallest absolute Gasteiger partial charge is 0.241 e. The van der Waals surface area contributed by atoms with Gasteiger partial charge < -0.3 is 11.5 Å². The molecule has 23 heavy (non-hydrogen) atoms. The van der Waals surface area contributed by atoms with Crippen molar-refractivity contribution in [2.45, 2.75) is 30.7 Å². The van der Waals surface area contributed by atoms with E-state index in [-0.39, 0.29) is 16.9 Å². The maximum atomic E-state index is 12.7. The molecule has 5 N–H and O–H groups in total. The average molecular weight is 335 g/mol. The normalized spacial score (nSPS) is 12.9.